The van der Waals surface area contributed by atoms with Crippen molar-refractivity contribution in [3.05, 3.63) is 42.2 Å². The molecule has 0 amide bonds. The van der Waals surface area contributed by atoms with Crippen LogP contribution in [-0.4, -0.2) is 17.1 Å². The van der Waals surface area contributed by atoms with E-state index in [9.17, 15) is 0 Å². The summed E-state index contributed by atoms with van der Waals surface area (Å²) in [5.41, 5.74) is 7.29. The van der Waals surface area contributed by atoms with Crippen LogP contribution in [0.1, 0.15) is 5.56 Å². The number of para-hydroxylation sites is 1. The van der Waals surface area contributed by atoms with E-state index < -0.39 is 0 Å². The SMILES string of the molecule is COc1ccccc1-c1ncc(CN)cn1. The number of aromatic nitrogens is 2. The molecule has 0 saturated heterocycles. The van der Waals surface area contributed by atoms with Crippen LogP contribution in [0, 0.1) is 0 Å². The quantitative estimate of drug-likeness (QED) is 0.845. The third-order valence-electron chi connectivity index (χ3n) is 2.29. The number of nitrogens with two attached hydrogens (primary N) is 1. The minimum absolute atomic E-state index is 0.451. The highest BCUT2D eigenvalue weighted by atomic mass is 16.5. The van der Waals surface area contributed by atoms with Crippen LogP contribution in [0.25, 0.3) is 11.4 Å². The van der Waals surface area contributed by atoms with E-state index in [1.54, 1.807) is 19.5 Å². The van der Waals surface area contributed by atoms with Crippen molar-refractivity contribution in [1.82, 2.24) is 9.97 Å². The molecule has 2 rings (SSSR count). The van der Waals surface area contributed by atoms with Gasteiger partial charge in [0.2, 0.25) is 0 Å². The summed E-state index contributed by atoms with van der Waals surface area (Å²) < 4.78 is 5.25. The second kappa shape index (κ2) is 4.72. The molecular formula is C12H13N3O. The van der Waals surface area contributed by atoms with Crippen molar-refractivity contribution in [3.63, 3.8) is 0 Å². The predicted molar refractivity (Wildman–Crippen MR) is 61.9 cm³/mol. The van der Waals surface area contributed by atoms with Gasteiger partial charge in [0.15, 0.2) is 5.82 Å². The zero-order valence-electron chi connectivity index (χ0n) is 9.05. The van der Waals surface area contributed by atoms with Gasteiger partial charge in [-0.1, -0.05) is 12.1 Å². The van der Waals surface area contributed by atoms with Gasteiger partial charge in [-0.05, 0) is 12.1 Å². The Balaban J connectivity index is 2.42. The zero-order valence-corrected chi connectivity index (χ0v) is 9.05. The fourth-order valence-electron chi connectivity index (χ4n) is 1.43. The summed E-state index contributed by atoms with van der Waals surface area (Å²) in [4.78, 5) is 8.51. The van der Waals surface area contributed by atoms with Gasteiger partial charge in [0.1, 0.15) is 5.75 Å². The molecular weight excluding hydrogens is 202 g/mol. The monoisotopic (exact) mass is 215 g/mol. The van der Waals surface area contributed by atoms with E-state index in [-0.39, 0.29) is 0 Å². The van der Waals surface area contributed by atoms with Crippen LogP contribution in [-0.2, 0) is 6.54 Å². The predicted octanol–water partition coefficient (Wildman–Crippen LogP) is 1.61. The van der Waals surface area contributed by atoms with Gasteiger partial charge >= 0.3 is 0 Å². The van der Waals surface area contributed by atoms with Gasteiger partial charge in [-0.25, -0.2) is 9.97 Å². The number of rotatable bonds is 3. The van der Waals surface area contributed by atoms with E-state index in [1.807, 2.05) is 24.3 Å². The van der Waals surface area contributed by atoms with E-state index in [4.69, 9.17) is 10.5 Å². The van der Waals surface area contributed by atoms with Gasteiger partial charge < -0.3 is 10.5 Å². The van der Waals surface area contributed by atoms with Gasteiger partial charge in [0.05, 0.1) is 12.7 Å². The molecule has 0 unspecified atom stereocenters. The van der Waals surface area contributed by atoms with Crippen LogP contribution < -0.4 is 10.5 Å². The Morgan fingerprint density at radius 2 is 1.88 bits per heavy atom. The first-order valence-electron chi connectivity index (χ1n) is 4.99. The van der Waals surface area contributed by atoms with E-state index in [0.29, 0.717) is 12.4 Å². The van der Waals surface area contributed by atoms with Gasteiger partial charge in [0, 0.05) is 24.5 Å². The zero-order chi connectivity index (χ0) is 11.4. The second-order valence-corrected chi connectivity index (χ2v) is 3.32. The number of nitrogens with zero attached hydrogens (tertiary/aromatic N) is 2. The molecule has 4 nitrogen and oxygen atoms in total. The first-order valence-corrected chi connectivity index (χ1v) is 4.99. The van der Waals surface area contributed by atoms with Crippen molar-refractivity contribution in [2.24, 2.45) is 5.73 Å². The molecule has 0 aliphatic carbocycles. The Hall–Kier alpha value is -1.94. The fourth-order valence-corrected chi connectivity index (χ4v) is 1.43. The average molecular weight is 215 g/mol. The number of hydrogen-bond donors (Lipinski definition) is 1. The Morgan fingerprint density at radius 1 is 1.19 bits per heavy atom. The van der Waals surface area contributed by atoms with Gasteiger partial charge in [-0.3, -0.25) is 0 Å². The van der Waals surface area contributed by atoms with Crippen molar-refractivity contribution < 1.29 is 4.74 Å². The molecule has 0 spiro atoms. The first kappa shape index (κ1) is 10.6. The topological polar surface area (TPSA) is 61.0 Å². The molecule has 1 heterocycles. The lowest BCUT2D eigenvalue weighted by Crippen LogP contribution is -1.99. The molecule has 2 aromatic rings. The van der Waals surface area contributed by atoms with Crippen LogP contribution >= 0.6 is 0 Å². The number of ether oxygens (including phenoxy) is 1. The summed E-state index contributed by atoms with van der Waals surface area (Å²) in [5, 5.41) is 0. The van der Waals surface area contributed by atoms with Crippen LogP contribution in [0.3, 0.4) is 0 Å². The molecule has 0 bridgehead atoms. The van der Waals surface area contributed by atoms with E-state index >= 15 is 0 Å². The summed E-state index contributed by atoms with van der Waals surface area (Å²) in [6.45, 7) is 0.451. The van der Waals surface area contributed by atoms with Crippen molar-refractivity contribution in [2.45, 2.75) is 6.54 Å². The third kappa shape index (κ3) is 2.01. The smallest absolute Gasteiger partial charge is 0.162 e. The molecule has 0 aliphatic rings. The van der Waals surface area contributed by atoms with Crippen molar-refractivity contribution in [1.29, 1.82) is 0 Å². The summed E-state index contributed by atoms with van der Waals surface area (Å²) in [6, 6.07) is 7.65. The molecule has 2 N–H and O–H groups in total. The summed E-state index contributed by atoms with van der Waals surface area (Å²) in [5.74, 6) is 1.41. The highest BCUT2D eigenvalue weighted by Crippen LogP contribution is 2.26. The lowest BCUT2D eigenvalue weighted by Gasteiger charge is -2.06. The minimum atomic E-state index is 0.451. The maximum atomic E-state index is 5.49. The Bertz CT molecular complexity index is 468. The molecule has 16 heavy (non-hydrogen) atoms. The minimum Gasteiger partial charge on any atom is -0.496 e. The van der Waals surface area contributed by atoms with Gasteiger partial charge in [0.25, 0.3) is 0 Å². The molecule has 0 fully saturated rings. The highest BCUT2D eigenvalue weighted by molar-refractivity contribution is 5.63. The molecule has 82 valence electrons. The Labute approximate surface area is 94.1 Å². The standard InChI is InChI=1S/C12H13N3O/c1-16-11-5-3-2-4-10(11)12-14-7-9(6-13)8-15-12/h2-5,7-8H,6,13H2,1H3. The van der Waals surface area contributed by atoms with E-state index in [0.717, 1.165) is 16.9 Å². The molecule has 1 aromatic carbocycles. The second-order valence-electron chi connectivity index (χ2n) is 3.32. The van der Waals surface area contributed by atoms with Crippen LogP contribution in [0.15, 0.2) is 36.7 Å². The number of hydrogen-bond acceptors (Lipinski definition) is 4. The number of methoxy groups -OCH3 is 1. The lowest BCUT2D eigenvalue weighted by molar-refractivity contribution is 0.416. The van der Waals surface area contributed by atoms with Gasteiger partial charge in [-0.15, -0.1) is 0 Å². The maximum absolute atomic E-state index is 5.49. The molecule has 0 atom stereocenters. The molecule has 0 saturated carbocycles. The Morgan fingerprint density at radius 3 is 2.50 bits per heavy atom. The van der Waals surface area contributed by atoms with Crippen molar-refractivity contribution in [3.8, 4) is 17.1 Å². The van der Waals surface area contributed by atoms with Crippen molar-refractivity contribution in [2.75, 3.05) is 7.11 Å². The van der Waals surface area contributed by atoms with E-state index in [2.05, 4.69) is 9.97 Å². The molecule has 1 aromatic heterocycles. The fraction of sp³-hybridized carbons (Fsp3) is 0.167. The molecule has 0 aliphatic heterocycles. The third-order valence-corrected chi connectivity index (χ3v) is 2.29. The largest absolute Gasteiger partial charge is 0.496 e. The van der Waals surface area contributed by atoms with Crippen molar-refractivity contribution >= 4 is 0 Å². The Kier molecular flexibility index (Phi) is 3.12. The first-order chi connectivity index (χ1) is 7.85. The lowest BCUT2D eigenvalue weighted by atomic mass is 10.2. The van der Waals surface area contributed by atoms with E-state index in [1.165, 1.54) is 0 Å². The molecule has 0 radical (unpaired) electrons. The maximum Gasteiger partial charge on any atom is 0.162 e. The van der Waals surface area contributed by atoms with Gasteiger partial charge in [-0.2, -0.15) is 0 Å². The average Bonchev–Trinajstić information content (AvgIpc) is 2.39. The normalized spacial score (nSPS) is 10.1. The summed E-state index contributed by atoms with van der Waals surface area (Å²) in [7, 11) is 1.63. The van der Waals surface area contributed by atoms with Crippen LogP contribution in [0.2, 0.25) is 0 Å². The number of benzene rings is 1. The summed E-state index contributed by atoms with van der Waals surface area (Å²) in [6.07, 6.45) is 3.46. The summed E-state index contributed by atoms with van der Waals surface area (Å²) >= 11 is 0. The highest BCUT2D eigenvalue weighted by Gasteiger charge is 2.06. The van der Waals surface area contributed by atoms with Crippen LogP contribution in [0.5, 0.6) is 5.75 Å². The van der Waals surface area contributed by atoms with Crippen LogP contribution in [0.4, 0.5) is 0 Å². The molecule has 4 heteroatoms.